The van der Waals surface area contributed by atoms with Crippen molar-refractivity contribution in [3.8, 4) is 0 Å². The zero-order valence-corrected chi connectivity index (χ0v) is 15.9. The van der Waals surface area contributed by atoms with E-state index in [0.717, 1.165) is 0 Å². The molecule has 1 unspecified atom stereocenters. The lowest BCUT2D eigenvalue weighted by atomic mass is 10.0. The lowest BCUT2D eigenvalue weighted by molar-refractivity contribution is -0.160. The Kier molecular flexibility index (Phi) is 6.04. The van der Waals surface area contributed by atoms with Gasteiger partial charge in [-0.2, -0.15) is 0 Å². The van der Waals surface area contributed by atoms with E-state index in [2.05, 4.69) is 40.4 Å². The average molecular weight is 333 g/mol. The Balaban J connectivity index is 2.75. The molecule has 22 heavy (non-hydrogen) atoms. The van der Waals surface area contributed by atoms with Crippen molar-refractivity contribution in [2.75, 3.05) is 6.61 Å². The van der Waals surface area contributed by atoms with Crippen LogP contribution in [-0.2, 0) is 13.9 Å². The average Bonchev–Trinajstić information content (AvgIpc) is 2.70. The van der Waals surface area contributed by atoms with Gasteiger partial charge in [0.2, 0.25) is 0 Å². The first kappa shape index (κ1) is 19.8. The maximum Gasteiger partial charge on any atom is 0.192 e. The summed E-state index contributed by atoms with van der Waals surface area (Å²) < 4.78 is 17.5. The molecule has 1 rings (SSSR count). The number of hydrogen-bond acceptors (Lipinski definition) is 5. The van der Waals surface area contributed by atoms with E-state index in [1.165, 1.54) is 6.08 Å². The van der Waals surface area contributed by atoms with Gasteiger partial charge in [0.25, 0.3) is 0 Å². The molecule has 0 aliphatic carbocycles. The number of rotatable bonds is 6. The van der Waals surface area contributed by atoms with Crippen LogP contribution in [0.15, 0.2) is 12.7 Å². The summed E-state index contributed by atoms with van der Waals surface area (Å²) in [5.74, 6) is -0.850. The molecule has 2 N–H and O–H groups in total. The van der Waals surface area contributed by atoms with Gasteiger partial charge in [0.1, 0.15) is 24.4 Å². The molecular formula is C16H32O5Si. The summed E-state index contributed by atoms with van der Waals surface area (Å²) in [5.41, 5.74) is 0. The van der Waals surface area contributed by atoms with Gasteiger partial charge in [-0.05, 0) is 32.0 Å². The third-order valence-corrected chi connectivity index (χ3v) is 9.04. The summed E-state index contributed by atoms with van der Waals surface area (Å²) in [6, 6.07) is 0. The minimum Gasteiger partial charge on any atom is -0.414 e. The first-order chi connectivity index (χ1) is 9.81. The molecule has 0 radical (unpaired) electrons. The van der Waals surface area contributed by atoms with E-state index < -0.39 is 38.5 Å². The molecule has 4 atom stereocenters. The van der Waals surface area contributed by atoms with Crippen LogP contribution in [0, 0.1) is 0 Å². The van der Waals surface area contributed by atoms with Crippen LogP contribution in [0.2, 0.25) is 18.1 Å². The Hall–Kier alpha value is -0.243. The SMILES string of the molecule is C=C[C@@H](O)C1OC(C)(C)O[C@H]1[C@@H](O)CO[Si](C)(C)C(C)(C)C. The first-order valence-corrected chi connectivity index (χ1v) is 10.7. The molecule has 0 aromatic carbocycles. The Morgan fingerprint density at radius 2 is 1.73 bits per heavy atom. The fraction of sp³-hybridized carbons (Fsp3) is 0.875. The third-order valence-electron chi connectivity index (χ3n) is 4.54. The van der Waals surface area contributed by atoms with E-state index in [0.29, 0.717) is 0 Å². The number of aliphatic hydroxyl groups excluding tert-OH is 2. The summed E-state index contributed by atoms with van der Waals surface area (Å²) in [7, 11) is -1.95. The molecule has 0 aromatic rings. The summed E-state index contributed by atoms with van der Waals surface area (Å²) in [6.45, 7) is 18.0. The van der Waals surface area contributed by atoms with Gasteiger partial charge in [-0.25, -0.2) is 0 Å². The molecule has 1 aliphatic heterocycles. The molecule has 1 fully saturated rings. The molecule has 1 aliphatic rings. The second-order valence-corrected chi connectivity index (χ2v) is 12.7. The lowest BCUT2D eigenvalue weighted by Crippen LogP contribution is -2.48. The van der Waals surface area contributed by atoms with Crippen molar-refractivity contribution in [2.45, 2.75) is 83.0 Å². The lowest BCUT2D eigenvalue weighted by Gasteiger charge is -2.37. The molecule has 1 saturated heterocycles. The molecule has 0 amide bonds. The number of hydrogen-bond donors (Lipinski definition) is 2. The van der Waals surface area contributed by atoms with Crippen LogP contribution in [-0.4, -0.2) is 55.3 Å². The first-order valence-electron chi connectivity index (χ1n) is 7.79. The van der Waals surface area contributed by atoms with Crippen molar-refractivity contribution < 1.29 is 24.1 Å². The van der Waals surface area contributed by atoms with Gasteiger partial charge in [-0.3, -0.25) is 0 Å². The Bertz CT molecular complexity index is 388. The van der Waals surface area contributed by atoms with Crippen LogP contribution < -0.4 is 0 Å². The topological polar surface area (TPSA) is 68.2 Å². The van der Waals surface area contributed by atoms with Crippen LogP contribution in [0.3, 0.4) is 0 Å². The summed E-state index contributed by atoms with van der Waals surface area (Å²) >= 11 is 0. The fourth-order valence-electron chi connectivity index (χ4n) is 2.12. The van der Waals surface area contributed by atoms with E-state index in [1.54, 1.807) is 13.8 Å². The molecule has 1 heterocycles. The highest BCUT2D eigenvalue weighted by Gasteiger charge is 2.48. The molecule has 0 bridgehead atoms. The molecular weight excluding hydrogens is 300 g/mol. The van der Waals surface area contributed by atoms with Crippen LogP contribution in [0.1, 0.15) is 34.6 Å². The van der Waals surface area contributed by atoms with Crippen LogP contribution in [0.25, 0.3) is 0 Å². The summed E-state index contributed by atoms with van der Waals surface area (Å²) in [5, 5.41) is 20.5. The van der Waals surface area contributed by atoms with Crippen molar-refractivity contribution in [3.63, 3.8) is 0 Å². The normalized spacial score (nSPS) is 28.4. The molecule has 130 valence electrons. The second kappa shape index (κ2) is 6.71. The van der Waals surface area contributed by atoms with Gasteiger partial charge in [-0.1, -0.05) is 26.8 Å². The van der Waals surface area contributed by atoms with Gasteiger partial charge in [0, 0.05) is 0 Å². The minimum atomic E-state index is -1.95. The zero-order valence-electron chi connectivity index (χ0n) is 14.9. The standard InChI is InChI=1S/C16H32O5Si/c1-9-11(17)13-14(21-16(5,6)20-13)12(18)10-19-22(7,8)15(2,3)4/h9,11-14,17-18H,1,10H2,2-8H3/t11-,12+,13?,14+/m1/s1. The van der Waals surface area contributed by atoms with Crippen molar-refractivity contribution in [2.24, 2.45) is 0 Å². The summed E-state index contributed by atoms with van der Waals surface area (Å²) in [6.07, 6.45) is -1.66. The van der Waals surface area contributed by atoms with E-state index in [1.807, 2.05) is 0 Å². The van der Waals surface area contributed by atoms with E-state index in [-0.39, 0.29) is 11.6 Å². The molecule has 0 spiro atoms. The van der Waals surface area contributed by atoms with Crippen molar-refractivity contribution in [1.29, 1.82) is 0 Å². The molecule has 0 saturated carbocycles. The Morgan fingerprint density at radius 1 is 1.23 bits per heavy atom. The highest BCUT2D eigenvalue weighted by molar-refractivity contribution is 6.74. The maximum atomic E-state index is 10.5. The monoisotopic (exact) mass is 332 g/mol. The highest BCUT2D eigenvalue weighted by Crippen LogP contribution is 2.37. The van der Waals surface area contributed by atoms with Crippen molar-refractivity contribution in [3.05, 3.63) is 12.7 Å². The van der Waals surface area contributed by atoms with Crippen molar-refractivity contribution >= 4 is 8.32 Å². The van der Waals surface area contributed by atoms with E-state index in [4.69, 9.17) is 13.9 Å². The quantitative estimate of drug-likeness (QED) is 0.577. The second-order valence-electron chi connectivity index (χ2n) is 7.93. The Labute approximate surface area is 135 Å². The van der Waals surface area contributed by atoms with Crippen LogP contribution in [0.4, 0.5) is 0 Å². The number of aliphatic hydroxyl groups is 2. The van der Waals surface area contributed by atoms with Gasteiger partial charge < -0.3 is 24.1 Å². The van der Waals surface area contributed by atoms with Gasteiger partial charge >= 0.3 is 0 Å². The minimum absolute atomic E-state index is 0.0685. The van der Waals surface area contributed by atoms with Crippen molar-refractivity contribution in [1.82, 2.24) is 0 Å². The zero-order chi connectivity index (χ0) is 17.3. The van der Waals surface area contributed by atoms with Crippen LogP contribution in [0.5, 0.6) is 0 Å². The van der Waals surface area contributed by atoms with Crippen LogP contribution >= 0.6 is 0 Å². The maximum absolute atomic E-state index is 10.5. The highest BCUT2D eigenvalue weighted by atomic mass is 28.4. The van der Waals surface area contributed by atoms with E-state index in [9.17, 15) is 10.2 Å². The van der Waals surface area contributed by atoms with Gasteiger partial charge in [0.15, 0.2) is 14.1 Å². The third kappa shape index (κ3) is 4.63. The van der Waals surface area contributed by atoms with Gasteiger partial charge in [-0.15, -0.1) is 6.58 Å². The Morgan fingerprint density at radius 3 is 2.18 bits per heavy atom. The smallest absolute Gasteiger partial charge is 0.192 e. The molecule has 5 nitrogen and oxygen atoms in total. The summed E-state index contributed by atoms with van der Waals surface area (Å²) in [4.78, 5) is 0. The predicted octanol–water partition coefficient (Wildman–Crippen LogP) is 2.44. The fourth-order valence-corrected chi connectivity index (χ4v) is 3.14. The van der Waals surface area contributed by atoms with Gasteiger partial charge in [0.05, 0.1) is 6.61 Å². The largest absolute Gasteiger partial charge is 0.414 e. The molecule has 6 heteroatoms. The van der Waals surface area contributed by atoms with E-state index >= 15 is 0 Å². The predicted molar refractivity (Wildman–Crippen MR) is 89.2 cm³/mol. The number of ether oxygens (including phenoxy) is 2. The molecule has 0 aromatic heterocycles.